The Morgan fingerprint density at radius 3 is 2.38 bits per heavy atom. The lowest BCUT2D eigenvalue weighted by Crippen LogP contribution is -2.25. The fourth-order valence-corrected chi connectivity index (χ4v) is 3.46. The van der Waals surface area contributed by atoms with Crippen molar-refractivity contribution >= 4 is 18.1 Å². The second-order valence-corrected chi connectivity index (χ2v) is 8.54. The maximum Gasteiger partial charge on any atom is 0.343 e. The number of hydrogen-bond donors (Lipinski definition) is 1. The van der Waals surface area contributed by atoms with Gasteiger partial charge in [-0.1, -0.05) is 26.0 Å². The maximum absolute atomic E-state index is 12.5. The summed E-state index contributed by atoms with van der Waals surface area (Å²) >= 11 is 0. The van der Waals surface area contributed by atoms with Crippen molar-refractivity contribution in [3.63, 3.8) is 0 Å². The van der Waals surface area contributed by atoms with Crippen LogP contribution in [0.3, 0.4) is 0 Å². The van der Waals surface area contributed by atoms with Gasteiger partial charge in [-0.25, -0.2) is 10.2 Å². The SMILES string of the molecule is CCOc1ccc(C(=O)Oc2ccc(C=NNC(=O)COc3cc(C)ccc3C(C)C)cc2OC)cc1. The van der Waals surface area contributed by atoms with Gasteiger partial charge in [-0.15, -0.1) is 0 Å². The molecule has 0 unspecified atom stereocenters. The number of nitrogens with one attached hydrogen (secondary N) is 1. The van der Waals surface area contributed by atoms with E-state index in [4.69, 9.17) is 18.9 Å². The van der Waals surface area contributed by atoms with Crippen molar-refractivity contribution in [2.45, 2.75) is 33.6 Å². The quantitative estimate of drug-likeness (QED) is 0.165. The number of hydrazone groups is 1. The minimum Gasteiger partial charge on any atom is -0.494 e. The zero-order valence-electron chi connectivity index (χ0n) is 21.7. The standard InChI is InChI=1S/C29H32N2O6/c1-6-35-23-11-9-22(10-12-23)29(33)37-25-14-8-21(16-27(25)34-5)17-30-31-28(32)18-36-26-15-20(4)7-13-24(26)19(2)3/h7-17,19H,6,18H2,1-5H3,(H,31,32). The molecule has 0 spiro atoms. The summed E-state index contributed by atoms with van der Waals surface area (Å²) in [5, 5.41) is 3.99. The third kappa shape index (κ3) is 7.83. The van der Waals surface area contributed by atoms with Crippen LogP contribution in [0, 0.1) is 6.92 Å². The second-order valence-electron chi connectivity index (χ2n) is 8.54. The summed E-state index contributed by atoms with van der Waals surface area (Å²) in [6, 6.07) is 17.6. The second kappa shape index (κ2) is 13.1. The maximum atomic E-state index is 12.5. The first kappa shape index (κ1) is 27.3. The van der Waals surface area contributed by atoms with E-state index >= 15 is 0 Å². The van der Waals surface area contributed by atoms with E-state index in [1.165, 1.54) is 13.3 Å². The Labute approximate surface area is 217 Å². The minimum atomic E-state index is -0.524. The summed E-state index contributed by atoms with van der Waals surface area (Å²) < 4.78 is 22.0. The van der Waals surface area contributed by atoms with Crippen LogP contribution in [0.4, 0.5) is 0 Å². The zero-order valence-corrected chi connectivity index (χ0v) is 21.7. The van der Waals surface area contributed by atoms with Gasteiger partial charge >= 0.3 is 5.97 Å². The molecule has 0 radical (unpaired) electrons. The van der Waals surface area contributed by atoms with Crippen LogP contribution in [0.5, 0.6) is 23.0 Å². The average molecular weight is 505 g/mol. The molecule has 194 valence electrons. The minimum absolute atomic E-state index is 0.162. The van der Waals surface area contributed by atoms with Crippen LogP contribution in [0.25, 0.3) is 0 Å². The van der Waals surface area contributed by atoms with Crippen LogP contribution < -0.4 is 24.4 Å². The molecule has 8 nitrogen and oxygen atoms in total. The number of methoxy groups -OCH3 is 1. The van der Waals surface area contributed by atoms with E-state index in [1.54, 1.807) is 42.5 Å². The van der Waals surface area contributed by atoms with Gasteiger partial charge in [0.2, 0.25) is 0 Å². The van der Waals surface area contributed by atoms with Crippen LogP contribution in [0.15, 0.2) is 65.8 Å². The van der Waals surface area contributed by atoms with Gasteiger partial charge in [-0.05, 0) is 85.0 Å². The lowest BCUT2D eigenvalue weighted by Gasteiger charge is -2.14. The largest absolute Gasteiger partial charge is 0.494 e. The Balaban J connectivity index is 1.57. The van der Waals surface area contributed by atoms with Crippen molar-refractivity contribution in [2.75, 3.05) is 20.3 Å². The Hall–Kier alpha value is -4.33. The molecule has 3 rings (SSSR count). The van der Waals surface area contributed by atoms with Gasteiger partial charge in [0.05, 0.1) is 25.5 Å². The molecular weight excluding hydrogens is 472 g/mol. The third-order valence-corrected chi connectivity index (χ3v) is 5.34. The number of rotatable bonds is 11. The van der Waals surface area contributed by atoms with Gasteiger partial charge in [-0.3, -0.25) is 4.79 Å². The molecule has 0 bridgehead atoms. The van der Waals surface area contributed by atoms with E-state index in [2.05, 4.69) is 24.4 Å². The molecule has 1 amide bonds. The Kier molecular flexibility index (Phi) is 9.66. The van der Waals surface area contributed by atoms with E-state index in [-0.39, 0.29) is 24.2 Å². The van der Waals surface area contributed by atoms with Crippen molar-refractivity contribution in [2.24, 2.45) is 5.10 Å². The molecule has 0 aromatic heterocycles. The fourth-order valence-electron chi connectivity index (χ4n) is 3.46. The molecule has 8 heteroatoms. The summed E-state index contributed by atoms with van der Waals surface area (Å²) in [5.41, 5.74) is 5.57. The fraction of sp³-hybridized carbons (Fsp3) is 0.276. The number of carbonyl (C=O) groups excluding carboxylic acids is 2. The molecule has 0 heterocycles. The van der Waals surface area contributed by atoms with Crippen molar-refractivity contribution in [3.05, 3.63) is 82.9 Å². The summed E-state index contributed by atoms with van der Waals surface area (Å²) in [5.74, 6) is 1.33. The first-order valence-electron chi connectivity index (χ1n) is 12.0. The van der Waals surface area contributed by atoms with Crippen LogP contribution in [0.2, 0.25) is 0 Å². The molecule has 0 saturated carbocycles. The van der Waals surface area contributed by atoms with Gasteiger partial charge in [0.25, 0.3) is 5.91 Å². The van der Waals surface area contributed by atoms with Crippen LogP contribution in [-0.2, 0) is 4.79 Å². The molecule has 0 aliphatic carbocycles. The Bertz CT molecular complexity index is 1250. The lowest BCUT2D eigenvalue weighted by molar-refractivity contribution is -0.123. The number of benzene rings is 3. The van der Waals surface area contributed by atoms with E-state index in [1.807, 2.05) is 32.0 Å². The number of esters is 1. The number of aryl methyl sites for hydroxylation is 1. The van der Waals surface area contributed by atoms with Crippen molar-refractivity contribution in [1.29, 1.82) is 0 Å². The van der Waals surface area contributed by atoms with E-state index in [0.717, 1.165) is 11.1 Å². The van der Waals surface area contributed by atoms with Gasteiger partial charge in [0.1, 0.15) is 11.5 Å². The predicted octanol–water partition coefficient (Wildman–Crippen LogP) is 5.27. The first-order chi connectivity index (χ1) is 17.8. The predicted molar refractivity (Wildman–Crippen MR) is 142 cm³/mol. The highest BCUT2D eigenvalue weighted by Gasteiger charge is 2.13. The molecular formula is C29H32N2O6. The molecule has 0 fully saturated rings. The normalized spacial score (nSPS) is 10.9. The molecule has 1 N–H and O–H groups in total. The van der Waals surface area contributed by atoms with Crippen molar-refractivity contribution < 1.29 is 28.5 Å². The average Bonchev–Trinajstić information content (AvgIpc) is 2.88. The number of nitrogens with zero attached hydrogens (tertiary/aromatic N) is 1. The van der Waals surface area contributed by atoms with E-state index < -0.39 is 5.97 Å². The Morgan fingerprint density at radius 2 is 1.70 bits per heavy atom. The highest BCUT2D eigenvalue weighted by Crippen LogP contribution is 2.29. The number of hydrogen-bond acceptors (Lipinski definition) is 7. The highest BCUT2D eigenvalue weighted by molar-refractivity contribution is 5.92. The summed E-state index contributed by atoms with van der Waals surface area (Å²) in [6.45, 7) is 8.39. The van der Waals surface area contributed by atoms with Gasteiger partial charge in [-0.2, -0.15) is 5.10 Å². The van der Waals surface area contributed by atoms with Crippen molar-refractivity contribution in [3.8, 4) is 23.0 Å². The van der Waals surface area contributed by atoms with Crippen LogP contribution >= 0.6 is 0 Å². The first-order valence-corrected chi connectivity index (χ1v) is 12.0. The summed E-state index contributed by atoms with van der Waals surface area (Å²) in [4.78, 5) is 24.7. The van der Waals surface area contributed by atoms with Gasteiger partial charge in [0.15, 0.2) is 18.1 Å². The molecule has 0 aliphatic rings. The molecule has 0 aliphatic heterocycles. The van der Waals surface area contributed by atoms with Crippen molar-refractivity contribution in [1.82, 2.24) is 5.43 Å². The third-order valence-electron chi connectivity index (χ3n) is 5.34. The van der Waals surface area contributed by atoms with Gasteiger partial charge in [0, 0.05) is 0 Å². The summed E-state index contributed by atoms with van der Waals surface area (Å²) in [7, 11) is 1.47. The molecule has 0 atom stereocenters. The Morgan fingerprint density at radius 1 is 0.946 bits per heavy atom. The zero-order chi connectivity index (χ0) is 26.8. The van der Waals surface area contributed by atoms with Gasteiger partial charge < -0.3 is 18.9 Å². The van der Waals surface area contributed by atoms with E-state index in [9.17, 15) is 9.59 Å². The number of carbonyl (C=O) groups is 2. The lowest BCUT2D eigenvalue weighted by atomic mass is 10.0. The molecule has 0 saturated heterocycles. The monoisotopic (exact) mass is 504 g/mol. The highest BCUT2D eigenvalue weighted by atomic mass is 16.6. The topological polar surface area (TPSA) is 95.5 Å². The smallest absolute Gasteiger partial charge is 0.343 e. The van der Waals surface area contributed by atoms with Crippen LogP contribution in [0.1, 0.15) is 53.7 Å². The van der Waals surface area contributed by atoms with E-state index in [0.29, 0.717) is 35.0 Å². The molecule has 3 aromatic rings. The summed E-state index contributed by atoms with van der Waals surface area (Å²) in [6.07, 6.45) is 1.46. The number of amides is 1. The molecule has 37 heavy (non-hydrogen) atoms. The van der Waals surface area contributed by atoms with Crippen LogP contribution in [-0.4, -0.2) is 38.4 Å². The number of ether oxygens (including phenoxy) is 4. The molecule has 3 aromatic carbocycles.